The van der Waals surface area contributed by atoms with Crippen LogP contribution in [0.25, 0.3) is 5.57 Å². The second-order valence-electron chi connectivity index (χ2n) is 2.69. The Kier molecular flexibility index (Phi) is 3.71. The lowest BCUT2D eigenvalue weighted by Gasteiger charge is -2.02. The molecule has 0 aliphatic heterocycles. The Morgan fingerprint density at radius 1 is 1.31 bits per heavy atom. The van der Waals surface area contributed by atoms with Crippen LogP contribution in [-0.4, -0.2) is 6.29 Å². The van der Waals surface area contributed by atoms with Crippen molar-refractivity contribution >= 4 is 11.9 Å². The first kappa shape index (κ1) is 9.46. The quantitative estimate of drug-likeness (QED) is 0.388. The van der Waals surface area contributed by atoms with Crippen molar-refractivity contribution < 1.29 is 4.79 Å². The lowest BCUT2D eigenvalue weighted by molar-refractivity contribution is -0.104. The van der Waals surface area contributed by atoms with Crippen LogP contribution in [0.2, 0.25) is 0 Å². The Labute approximate surface area is 78.4 Å². The molecular weight excluding hydrogens is 160 g/mol. The molecule has 0 saturated carbocycles. The fourth-order valence-corrected chi connectivity index (χ4v) is 1.17. The van der Waals surface area contributed by atoms with Gasteiger partial charge in [0, 0.05) is 0 Å². The van der Waals surface area contributed by atoms with Crippen molar-refractivity contribution in [2.24, 2.45) is 0 Å². The van der Waals surface area contributed by atoms with Crippen LogP contribution in [0.15, 0.2) is 49.1 Å². The van der Waals surface area contributed by atoms with Crippen LogP contribution in [0.5, 0.6) is 0 Å². The van der Waals surface area contributed by atoms with E-state index in [1.165, 1.54) is 0 Å². The summed E-state index contributed by atoms with van der Waals surface area (Å²) in [4.78, 5) is 10.4. The number of hydrogen-bond donors (Lipinski definition) is 0. The third-order valence-electron chi connectivity index (χ3n) is 1.78. The fraction of sp³-hybridized carbons (Fsp3) is 0.0833. The zero-order valence-electron chi connectivity index (χ0n) is 7.44. The Balaban J connectivity index is 2.95. The SMILES string of the molecule is C=CCC(=CC=O)c1ccccc1. The maximum absolute atomic E-state index is 10.4. The lowest BCUT2D eigenvalue weighted by Crippen LogP contribution is -1.82. The maximum Gasteiger partial charge on any atom is 0.143 e. The van der Waals surface area contributed by atoms with Gasteiger partial charge >= 0.3 is 0 Å². The molecule has 66 valence electrons. The Morgan fingerprint density at radius 2 is 2.00 bits per heavy atom. The van der Waals surface area contributed by atoms with Crippen LogP contribution >= 0.6 is 0 Å². The second kappa shape index (κ2) is 5.09. The molecule has 0 aromatic heterocycles. The molecule has 13 heavy (non-hydrogen) atoms. The van der Waals surface area contributed by atoms with E-state index in [-0.39, 0.29) is 0 Å². The summed E-state index contributed by atoms with van der Waals surface area (Å²) in [5, 5.41) is 0. The van der Waals surface area contributed by atoms with Crippen molar-refractivity contribution in [3.8, 4) is 0 Å². The average Bonchev–Trinajstić information content (AvgIpc) is 2.19. The van der Waals surface area contributed by atoms with Crippen LogP contribution < -0.4 is 0 Å². The number of allylic oxidation sites excluding steroid dienone is 3. The first-order chi connectivity index (χ1) is 6.38. The van der Waals surface area contributed by atoms with E-state index in [0.29, 0.717) is 0 Å². The Hall–Kier alpha value is -1.63. The van der Waals surface area contributed by atoms with Crippen molar-refractivity contribution in [2.45, 2.75) is 6.42 Å². The molecule has 0 N–H and O–H groups in total. The van der Waals surface area contributed by atoms with E-state index >= 15 is 0 Å². The molecule has 1 aromatic rings. The molecule has 0 atom stereocenters. The smallest absolute Gasteiger partial charge is 0.143 e. The van der Waals surface area contributed by atoms with E-state index in [1.54, 1.807) is 12.2 Å². The van der Waals surface area contributed by atoms with Gasteiger partial charge in [-0.2, -0.15) is 0 Å². The summed E-state index contributed by atoms with van der Waals surface area (Å²) in [6.45, 7) is 3.65. The molecule has 1 heteroatoms. The topological polar surface area (TPSA) is 17.1 Å². The summed E-state index contributed by atoms with van der Waals surface area (Å²) in [6, 6.07) is 9.84. The molecule has 0 saturated heterocycles. The predicted molar refractivity (Wildman–Crippen MR) is 55.3 cm³/mol. The largest absolute Gasteiger partial charge is 0.299 e. The third-order valence-corrected chi connectivity index (χ3v) is 1.78. The molecule has 0 radical (unpaired) electrons. The van der Waals surface area contributed by atoms with Crippen LogP contribution in [0.4, 0.5) is 0 Å². The van der Waals surface area contributed by atoms with Gasteiger partial charge in [0.15, 0.2) is 0 Å². The highest BCUT2D eigenvalue weighted by Gasteiger charge is 1.96. The summed E-state index contributed by atoms with van der Waals surface area (Å²) in [7, 11) is 0. The molecule has 0 fully saturated rings. The van der Waals surface area contributed by atoms with Crippen molar-refractivity contribution in [1.82, 2.24) is 0 Å². The van der Waals surface area contributed by atoms with Crippen molar-refractivity contribution in [2.75, 3.05) is 0 Å². The molecular formula is C12H12O. The van der Waals surface area contributed by atoms with Gasteiger partial charge in [-0.3, -0.25) is 4.79 Å². The molecule has 0 unspecified atom stereocenters. The van der Waals surface area contributed by atoms with Gasteiger partial charge in [0.1, 0.15) is 6.29 Å². The van der Waals surface area contributed by atoms with E-state index < -0.39 is 0 Å². The molecule has 1 rings (SSSR count). The molecule has 0 bridgehead atoms. The van der Waals surface area contributed by atoms with Gasteiger partial charge in [-0.15, -0.1) is 6.58 Å². The maximum atomic E-state index is 10.4. The van der Waals surface area contributed by atoms with Gasteiger partial charge < -0.3 is 0 Å². The summed E-state index contributed by atoms with van der Waals surface area (Å²) in [5.41, 5.74) is 2.08. The minimum Gasteiger partial charge on any atom is -0.299 e. The van der Waals surface area contributed by atoms with Crippen LogP contribution in [0, 0.1) is 0 Å². The van der Waals surface area contributed by atoms with Crippen LogP contribution in [0.1, 0.15) is 12.0 Å². The van der Waals surface area contributed by atoms with Gasteiger partial charge in [-0.25, -0.2) is 0 Å². The summed E-state index contributed by atoms with van der Waals surface area (Å²) in [5.74, 6) is 0. The van der Waals surface area contributed by atoms with E-state index in [2.05, 4.69) is 6.58 Å². The van der Waals surface area contributed by atoms with E-state index in [1.807, 2.05) is 30.3 Å². The minimum atomic E-state index is 0.725. The van der Waals surface area contributed by atoms with E-state index in [9.17, 15) is 4.79 Å². The van der Waals surface area contributed by atoms with E-state index in [0.717, 1.165) is 23.8 Å². The van der Waals surface area contributed by atoms with Crippen molar-refractivity contribution in [3.05, 3.63) is 54.6 Å². The number of aldehydes is 1. The highest BCUT2D eigenvalue weighted by Crippen LogP contribution is 2.17. The molecule has 0 aliphatic carbocycles. The first-order valence-corrected chi connectivity index (χ1v) is 4.19. The van der Waals surface area contributed by atoms with Crippen molar-refractivity contribution in [1.29, 1.82) is 0 Å². The molecule has 0 aliphatic rings. The zero-order valence-corrected chi connectivity index (χ0v) is 7.44. The molecule has 0 spiro atoms. The molecule has 0 heterocycles. The van der Waals surface area contributed by atoms with Gasteiger partial charge in [0.05, 0.1) is 0 Å². The zero-order chi connectivity index (χ0) is 9.52. The summed E-state index contributed by atoms with van der Waals surface area (Å²) < 4.78 is 0. The van der Waals surface area contributed by atoms with Gasteiger partial charge in [-0.05, 0) is 23.6 Å². The van der Waals surface area contributed by atoms with Crippen LogP contribution in [0.3, 0.4) is 0 Å². The average molecular weight is 172 g/mol. The predicted octanol–water partition coefficient (Wildman–Crippen LogP) is 2.85. The lowest BCUT2D eigenvalue weighted by atomic mass is 10.0. The van der Waals surface area contributed by atoms with Crippen molar-refractivity contribution in [3.63, 3.8) is 0 Å². The standard InChI is InChI=1S/C12H12O/c1-2-6-11(9-10-13)12-7-4-3-5-8-12/h2-5,7-10H,1,6H2. The number of carbonyl (C=O) groups is 1. The fourth-order valence-electron chi connectivity index (χ4n) is 1.17. The normalized spacial score (nSPS) is 10.9. The Morgan fingerprint density at radius 3 is 2.54 bits per heavy atom. The van der Waals surface area contributed by atoms with E-state index in [4.69, 9.17) is 0 Å². The molecule has 1 aromatic carbocycles. The highest BCUT2D eigenvalue weighted by molar-refractivity contribution is 5.81. The summed E-state index contributed by atoms with van der Waals surface area (Å²) in [6.07, 6.45) is 4.91. The van der Waals surface area contributed by atoms with Crippen LogP contribution in [-0.2, 0) is 4.79 Å². The van der Waals surface area contributed by atoms with Gasteiger partial charge in [0.25, 0.3) is 0 Å². The number of carbonyl (C=O) groups excluding carboxylic acids is 1. The highest BCUT2D eigenvalue weighted by atomic mass is 16.1. The number of hydrogen-bond acceptors (Lipinski definition) is 1. The number of benzene rings is 1. The van der Waals surface area contributed by atoms with Gasteiger partial charge in [-0.1, -0.05) is 36.4 Å². The molecule has 0 amide bonds. The Bertz CT molecular complexity index is 309. The summed E-state index contributed by atoms with van der Waals surface area (Å²) >= 11 is 0. The van der Waals surface area contributed by atoms with Gasteiger partial charge in [0.2, 0.25) is 0 Å². The first-order valence-electron chi connectivity index (χ1n) is 4.19. The minimum absolute atomic E-state index is 0.725. The second-order valence-corrected chi connectivity index (χ2v) is 2.69. The third kappa shape index (κ3) is 2.71. The number of rotatable bonds is 4. The monoisotopic (exact) mass is 172 g/mol. The molecule has 1 nitrogen and oxygen atoms in total.